The molecule has 0 amide bonds. The SMILES string of the molecule is BC(=O)CCC1=NC1(CC)C(O)c1ccc(O)cc1. The number of nitrogens with zero attached hydrogens (tertiary/aromatic N) is 1. The molecule has 0 aliphatic carbocycles. The van der Waals surface area contributed by atoms with Gasteiger partial charge in [-0.05, 0) is 30.5 Å². The second-order valence-corrected chi connectivity index (χ2v) is 5.03. The quantitative estimate of drug-likeness (QED) is 0.748. The van der Waals surface area contributed by atoms with Gasteiger partial charge in [-0.25, -0.2) is 0 Å². The molecule has 2 rings (SSSR count). The maximum atomic E-state index is 11.0. The van der Waals surface area contributed by atoms with Gasteiger partial charge in [0.2, 0.25) is 0 Å². The van der Waals surface area contributed by atoms with Crippen LogP contribution in [0.25, 0.3) is 0 Å². The number of carbonyl (C=O) groups is 1. The monoisotopic (exact) mass is 259 g/mol. The molecule has 1 heterocycles. The molecule has 1 aliphatic heterocycles. The summed E-state index contributed by atoms with van der Waals surface area (Å²) in [5.74, 6) is 0.176. The summed E-state index contributed by atoms with van der Waals surface area (Å²) in [6, 6.07) is 6.51. The number of carbonyl (C=O) groups excluding carboxylic acids is 1. The molecule has 0 saturated carbocycles. The molecular weight excluding hydrogens is 241 g/mol. The summed E-state index contributed by atoms with van der Waals surface area (Å²) in [5.41, 5.74) is 1.26. The van der Waals surface area contributed by atoms with Crippen molar-refractivity contribution in [3.05, 3.63) is 29.8 Å². The summed E-state index contributed by atoms with van der Waals surface area (Å²) in [4.78, 5) is 15.4. The van der Waals surface area contributed by atoms with Crippen LogP contribution in [0.3, 0.4) is 0 Å². The van der Waals surface area contributed by atoms with Crippen LogP contribution < -0.4 is 0 Å². The molecule has 100 valence electrons. The molecule has 2 unspecified atom stereocenters. The molecule has 4 nitrogen and oxygen atoms in total. The minimum absolute atomic E-state index is 0.138. The molecule has 0 fully saturated rings. The lowest BCUT2D eigenvalue weighted by molar-refractivity contribution is -0.111. The third kappa shape index (κ3) is 2.71. The molecule has 0 spiro atoms. The fourth-order valence-electron chi connectivity index (χ4n) is 2.41. The molecule has 19 heavy (non-hydrogen) atoms. The van der Waals surface area contributed by atoms with E-state index in [9.17, 15) is 15.0 Å². The van der Waals surface area contributed by atoms with Crippen LogP contribution in [0.4, 0.5) is 0 Å². The van der Waals surface area contributed by atoms with E-state index in [1.165, 1.54) is 0 Å². The van der Waals surface area contributed by atoms with Crippen LogP contribution in [0.5, 0.6) is 5.75 Å². The normalized spacial score (nSPS) is 22.7. The number of hydrogen-bond acceptors (Lipinski definition) is 4. The Morgan fingerprint density at radius 2 is 2.05 bits per heavy atom. The van der Waals surface area contributed by atoms with Crippen LogP contribution in [0.1, 0.15) is 37.9 Å². The van der Waals surface area contributed by atoms with Gasteiger partial charge in [0.15, 0.2) is 7.85 Å². The van der Waals surface area contributed by atoms with Crippen LogP contribution in [0, 0.1) is 0 Å². The fraction of sp³-hybridized carbons (Fsp3) is 0.429. The minimum atomic E-state index is -0.708. The summed E-state index contributed by atoms with van der Waals surface area (Å²) >= 11 is 0. The highest BCUT2D eigenvalue weighted by atomic mass is 16.3. The van der Waals surface area contributed by atoms with Crippen molar-refractivity contribution >= 4 is 19.2 Å². The van der Waals surface area contributed by atoms with E-state index in [0.717, 1.165) is 11.3 Å². The number of aromatic hydroxyl groups is 1. The predicted molar refractivity (Wildman–Crippen MR) is 76.3 cm³/mol. The fourth-order valence-corrected chi connectivity index (χ4v) is 2.41. The topological polar surface area (TPSA) is 69.9 Å². The second kappa shape index (κ2) is 5.17. The molecule has 1 aliphatic rings. The zero-order valence-electron chi connectivity index (χ0n) is 11.3. The Bertz CT molecular complexity index is 512. The third-order valence-electron chi connectivity index (χ3n) is 3.70. The van der Waals surface area contributed by atoms with E-state index in [4.69, 9.17) is 0 Å². The van der Waals surface area contributed by atoms with Gasteiger partial charge in [-0.3, -0.25) is 4.99 Å². The number of hydrogen-bond donors (Lipinski definition) is 2. The van der Waals surface area contributed by atoms with Gasteiger partial charge in [0.05, 0.1) is 5.68 Å². The highest BCUT2D eigenvalue weighted by Gasteiger charge is 2.51. The Hall–Kier alpha value is -1.62. The van der Waals surface area contributed by atoms with E-state index in [1.807, 2.05) is 6.92 Å². The Balaban J connectivity index is 2.07. The van der Waals surface area contributed by atoms with Gasteiger partial charge < -0.3 is 15.0 Å². The van der Waals surface area contributed by atoms with Crippen molar-refractivity contribution in [3.8, 4) is 5.75 Å². The van der Waals surface area contributed by atoms with Crippen molar-refractivity contribution in [2.75, 3.05) is 0 Å². The van der Waals surface area contributed by atoms with E-state index in [1.54, 1.807) is 32.1 Å². The van der Waals surface area contributed by atoms with Gasteiger partial charge in [0, 0.05) is 12.1 Å². The highest BCUT2D eigenvalue weighted by Crippen LogP contribution is 2.45. The Morgan fingerprint density at radius 1 is 1.42 bits per heavy atom. The first kappa shape index (κ1) is 13.8. The first-order valence-corrected chi connectivity index (χ1v) is 6.55. The zero-order chi connectivity index (χ0) is 14.0. The molecule has 0 saturated heterocycles. The van der Waals surface area contributed by atoms with Crippen LogP contribution in [0.2, 0.25) is 0 Å². The molecule has 2 N–H and O–H groups in total. The number of aliphatic imine (C=N–C) groups is 1. The smallest absolute Gasteiger partial charge is 0.187 e. The van der Waals surface area contributed by atoms with Crippen molar-refractivity contribution in [2.24, 2.45) is 4.99 Å². The Kier molecular flexibility index (Phi) is 3.76. The molecule has 0 aromatic heterocycles. The molecule has 0 radical (unpaired) electrons. The van der Waals surface area contributed by atoms with Gasteiger partial charge in [-0.2, -0.15) is 0 Å². The van der Waals surface area contributed by atoms with Gasteiger partial charge in [-0.15, -0.1) is 0 Å². The largest absolute Gasteiger partial charge is 0.508 e. The number of phenols is 1. The molecule has 1 aromatic carbocycles. The Labute approximate surface area is 113 Å². The average molecular weight is 259 g/mol. The van der Waals surface area contributed by atoms with Crippen LogP contribution in [-0.2, 0) is 4.79 Å². The molecule has 0 bridgehead atoms. The van der Waals surface area contributed by atoms with Crippen LogP contribution in [0.15, 0.2) is 29.3 Å². The molecular formula is C14H18BNO3. The van der Waals surface area contributed by atoms with Gasteiger partial charge in [0.25, 0.3) is 0 Å². The van der Waals surface area contributed by atoms with Crippen molar-refractivity contribution in [2.45, 2.75) is 37.8 Å². The molecule has 2 atom stereocenters. The second-order valence-electron chi connectivity index (χ2n) is 5.03. The van der Waals surface area contributed by atoms with Gasteiger partial charge >= 0.3 is 0 Å². The summed E-state index contributed by atoms with van der Waals surface area (Å²) in [6.07, 6.45) is 1.10. The Morgan fingerprint density at radius 3 is 2.58 bits per heavy atom. The zero-order valence-corrected chi connectivity index (χ0v) is 11.3. The standard InChI is InChI=1S/C14H18BNO3/c1-2-14(11(16-14)7-8-12(15)18)13(19)9-3-5-10(17)6-4-9/h3-6,13,17,19H,2,7-8,15H2,1H3. The third-order valence-corrected chi connectivity index (χ3v) is 3.70. The van der Waals surface area contributed by atoms with E-state index >= 15 is 0 Å². The number of aliphatic hydroxyl groups excluding tert-OH is 1. The number of rotatable bonds is 6. The number of benzene rings is 1. The van der Waals surface area contributed by atoms with Crippen molar-refractivity contribution in [3.63, 3.8) is 0 Å². The summed E-state index contributed by atoms with van der Waals surface area (Å²) in [5, 5.41) is 19.7. The lowest BCUT2D eigenvalue weighted by Crippen LogP contribution is -2.27. The first-order valence-electron chi connectivity index (χ1n) is 6.55. The van der Waals surface area contributed by atoms with E-state index in [2.05, 4.69) is 4.99 Å². The lowest BCUT2D eigenvalue weighted by atomic mass is 9.85. The molecule has 5 heteroatoms. The van der Waals surface area contributed by atoms with E-state index < -0.39 is 11.6 Å². The first-order chi connectivity index (χ1) is 8.99. The predicted octanol–water partition coefficient (Wildman–Crippen LogP) is 0.969. The lowest BCUT2D eigenvalue weighted by Gasteiger charge is -2.21. The maximum absolute atomic E-state index is 11.0. The summed E-state index contributed by atoms with van der Waals surface area (Å²) in [7, 11) is 1.56. The highest BCUT2D eigenvalue weighted by molar-refractivity contribution is 6.57. The molecule has 1 aromatic rings. The van der Waals surface area contributed by atoms with Crippen molar-refractivity contribution in [1.82, 2.24) is 0 Å². The van der Waals surface area contributed by atoms with E-state index in [0.29, 0.717) is 19.3 Å². The van der Waals surface area contributed by atoms with Crippen molar-refractivity contribution in [1.29, 1.82) is 0 Å². The van der Waals surface area contributed by atoms with Crippen LogP contribution >= 0.6 is 0 Å². The van der Waals surface area contributed by atoms with E-state index in [-0.39, 0.29) is 11.4 Å². The number of aliphatic hydroxyl groups is 1. The van der Waals surface area contributed by atoms with Crippen molar-refractivity contribution < 1.29 is 15.0 Å². The summed E-state index contributed by atoms with van der Waals surface area (Å²) in [6.45, 7) is 1.98. The minimum Gasteiger partial charge on any atom is -0.508 e. The van der Waals surface area contributed by atoms with Gasteiger partial charge in [-0.1, -0.05) is 19.1 Å². The van der Waals surface area contributed by atoms with Gasteiger partial charge in [0.1, 0.15) is 17.4 Å². The number of phenolic OH excluding ortho intramolecular Hbond substituents is 1. The van der Waals surface area contributed by atoms with Crippen LogP contribution in [-0.4, -0.2) is 35.0 Å². The average Bonchev–Trinajstić information content (AvgIpc) is 3.11. The maximum Gasteiger partial charge on any atom is 0.187 e. The summed E-state index contributed by atoms with van der Waals surface area (Å²) < 4.78 is 0.